The summed E-state index contributed by atoms with van der Waals surface area (Å²) >= 11 is 0. The van der Waals surface area contributed by atoms with Gasteiger partial charge in [0.2, 0.25) is 5.91 Å². The van der Waals surface area contributed by atoms with Gasteiger partial charge in [0.1, 0.15) is 23.6 Å². The molecule has 0 aliphatic rings. The number of carbonyl (C=O) groups is 2. The van der Waals surface area contributed by atoms with Gasteiger partial charge in [-0.3, -0.25) is 4.79 Å². The molecule has 2 amide bonds. The highest BCUT2D eigenvalue weighted by Gasteiger charge is 2.43. The maximum absolute atomic E-state index is 15.5. The van der Waals surface area contributed by atoms with E-state index < -0.39 is 25.0 Å². The second-order valence-corrected chi connectivity index (χ2v) is 19.0. The Morgan fingerprint density at radius 2 is 0.917 bits per heavy atom. The van der Waals surface area contributed by atoms with Crippen LogP contribution in [-0.4, -0.2) is 17.8 Å². The van der Waals surface area contributed by atoms with Crippen molar-refractivity contribution in [3.8, 4) is 11.5 Å². The molecule has 1 unspecified atom stereocenters. The van der Waals surface area contributed by atoms with Crippen molar-refractivity contribution in [1.82, 2.24) is 10.6 Å². The molecule has 0 heterocycles. The highest BCUT2D eigenvalue weighted by atomic mass is 31.2. The fourth-order valence-corrected chi connectivity index (χ4v) is 8.83. The van der Waals surface area contributed by atoms with E-state index in [4.69, 9.17) is 13.8 Å². The number of ether oxygens (including phenoxy) is 1. The van der Waals surface area contributed by atoms with Gasteiger partial charge in [0.25, 0.3) is 0 Å². The molecule has 0 bridgehead atoms. The van der Waals surface area contributed by atoms with Crippen LogP contribution in [0.1, 0.15) is 87.8 Å². The van der Waals surface area contributed by atoms with Crippen molar-refractivity contribution in [2.24, 2.45) is 0 Å². The summed E-state index contributed by atoms with van der Waals surface area (Å²) in [6, 6.07) is 53.2. The van der Waals surface area contributed by atoms with Crippen LogP contribution in [0.3, 0.4) is 0 Å². The molecular weight excluding hydrogens is 768 g/mol. The summed E-state index contributed by atoms with van der Waals surface area (Å²) in [7, 11) is -4.41. The van der Waals surface area contributed by atoms with E-state index in [0.717, 1.165) is 33.4 Å². The lowest BCUT2D eigenvalue weighted by molar-refractivity contribution is -0.122. The molecule has 6 rings (SSSR count). The lowest BCUT2D eigenvalue weighted by Gasteiger charge is -2.37. The van der Waals surface area contributed by atoms with Crippen molar-refractivity contribution < 1.29 is 27.9 Å². The Hall–Kier alpha value is -6.11. The van der Waals surface area contributed by atoms with Crippen molar-refractivity contribution >= 4 is 19.6 Å². The number of amides is 2. The lowest BCUT2D eigenvalue weighted by atomic mass is 9.77. The number of nitrogens with one attached hydrogen (secondary N) is 2. The molecule has 0 saturated heterocycles. The second kappa shape index (κ2) is 18.9. The van der Waals surface area contributed by atoms with E-state index in [-0.39, 0.29) is 47.7 Å². The molecule has 1 atom stereocenters. The smallest absolute Gasteiger partial charge is 0.445 e. The third-order valence-corrected chi connectivity index (χ3v) is 12.5. The van der Waals surface area contributed by atoms with Crippen LogP contribution in [0.2, 0.25) is 0 Å². The molecule has 0 radical (unpaired) electrons. The molecule has 6 aromatic rings. The standard InChI is InChI=1S/C51H55N2O6P/c1-49(2,3)39-27-31-44(32-28-39)58-60(56,59-45-33-29-40(30-34-45)50(4,5)6)47(52-48(55)57-37-38-19-11-7-12-20-38)36-35-46(54)53-51(41-21-13-8-14-22-41,42-23-15-9-16-24-42)43-25-17-10-18-26-43/h7-34,47H,35-37H2,1-6H3,(H,52,55)(H,53,54). The van der Waals surface area contributed by atoms with E-state index in [1.54, 1.807) is 24.3 Å². The monoisotopic (exact) mass is 822 g/mol. The Balaban J connectivity index is 1.37. The van der Waals surface area contributed by atoms with Gasteiger partial charge in [-0.2, -0.15) is 0 Å². The third kappa shape index (κ3) is 10.9. The van der Waals surface area contributed by atoms with Gasteiger partial charge in [-0.25, -0.2) is 9.36 Å². The van der Waals surface area contributed by atoms with Gasteiger partial charge >= 0.3 is 13.7 Å². The van der Waals surface area contributed by atoms with Crippen LogP contribution in [-0.2, 0) is 37.1 Å². The van der Waals surface area contributed by atoms with E-state index in [1.165, 1.54) is 0 Å². The molecule has 8 nitrogen and oxygen atoms in total. The maximum Gasteiger partial charge on any atom is 0.453 e. The Kier molecular flexibility index (Phi) is 13.7. The number of hydrogen-bond acceptors (Lipinski definition) is 6. The summed E-state index contributed by atoms with van der Waals surface area (Å²) in [5.41, 5.74) is 4.08. The molecule has 60 heavy (non-hydrogen) atoms. The van der Waals surface area contributed by atoms with Gasteiger partial charge in [-0.1, -0.05) is 187 Å². The highest BCUT2D eigenvalue weighted by Crippen LogP contribution is 2.54. The topological polar surface area (TPSA) is 103 Å². The first-order valence-corrected chi connectivity index (χ1v) is 21.9. The van der Waals surface area contributed by atoms with E-state index in [0.29, 0.717) is 0 Å². The summed E-state index contributed by atoms with van der Waals surface area (Å²) in [5, 5.41) is 6.17. The summed E-state index contributed by atoms with van der Waals surface area (Å²) in [5.74, 6) is -1.12. The number of carbonyl (C=O) groups excluding carboxylic acids is 2. The molecule has 0 fully saturated rings. The van der Waals surface area contributed by atoms with Gasteiger partial charge in [0.05, 0.1) is 0 Å². The summed E-state index contributed by atoms with van der Waals surface area (Å²) in [6.07, 6.45) is -1.13. The van der Waals surface area contributed by atoms with Gasteiger partial charge in [-0.15, -0.1) is 0 Å². The van der Waals surface area contributed by atoms with Crippen molar-refractivity contribution in [2.75, 3.05) is 0 Å². The van der Waals surface area contributed by atoms with Crippen molar-refractivity contribution in [3.63, 3.8) is 0 Å². The van der Waals surface area contributed by atoms with Crippen molar-refractivity contribution in [2.45, 2.75) is 83.1 Å². The zero-order chi connectivity index (χ0) is 42.8. The minimum absolute atomic E-state index is 0.0256. The average molecular weight is 823 g/mol. The molecule has 2 N–H and O–H groups in total. The first kappa shape index (κ1) is 43.5. The molecular formula is C51H55N2O6P. The quantitative estimate of drug-likeness (QED) is 0.0790. The Bertz CT molecular complexity index is 2180. The normalized spacial score (nSPS) is 12.5. The van der Waals surface area contributed by atoms with Crippen LogP contribution in [0.4, 0.5) is 4.79 Å². The first-order valence-electron chi connectivity index (χ1n) is 20.3. The second-order valence-electron chi connectivity index (χ2n) is 16.9. The summed E-state index contributed by atoms with van der Waals surface area (Å²) < 4.78 is 33.9. The van der Waals surface area contributed by atoms with Crippen LogP contribution in [0, 0.1) is 0 Å². The Morgan fingerprint density at radius 1 is 0.533 bits per heavy atom. The van der Waals surface area contributed by atoms with Crippen molar-refractivity contribution in [3.05, 3.63) is 203 Å². The van der Waals surface area contributed by atoms with E-state index in [1.807, 2.05) is 146 Å². The van der Waals surface area contributed by atoms with E-state index in [2.05, 4.69) is 52.2 Å². The minimum Gasteiger partial charge on any atom is -0.445 e. The van der Waals surface area contributed by atoms with Gasteiger partial charge in [0, 0.05) is 6.42 Å². The Morgan fingerprint density at radius 3 is 1.30 bits per heavy atom. The van der Waals surface area contributed by atoms with E-state index >= 15 is 4.57 Å². The van der Waals surface area contributed by atoms with Crippen LogP contribution < -0.4 is 19.7 Å². The molecule has 0 aliphatic heterocycles. The molecule has 0 spiro atoms. The van der Waals surface area contributed by atoms with Crippen LogP contribution in [0.5, 0.6) is 11.5 Å². The fourth-order valence-electron chi connectivity index (χ4n) is 7.00. The van der Waals surface area contributed by atoms with Gasteiger partial charge < -0.3 is 24.4 Å². The van der Waals surface area contributed by atoms with Crippen LogP contribution in [0.25, 0.3) is 0 Å². The molecule has 9 heteroatoms. The van der Waals surface area contributed by atoms with Gasteiger partial charge in [0.15, 0.2) is 5.78 Å². The number of rotatable bonds is 15. The predicted octanol–water partition coefficient (Wildman–Crippen LogP) is 12.1. The van der Waals surface area contributed by atoms with Crippen LogP contribution in [0.15, 0.2) is 170 Å². The molecule has 0 aromatic heterocycles. The summed E-state index contributed by atoms with van der Waals surface area (Å²) in [4.78, 5) is 28.2. The maximum atomic E-state index is 15.5. The zero-order valence-corrected chi connectivity index (χ0v) is 36.2. The van der Waals surface area contributed by atoms with E-state index in [9.17, 15) is 9.59 Å². The van der Waals surface area contributed by atoms with Crippen molar-refractivity contribution in [1.29, 1.82) is 0 Å². The lowest BCUT2D eigenvalue weighted by Crippen LogP contribution is -2.48. The summed E-state index contributed by atoms with van der Waals surface area (Å²) in [6.45, 7) is 12.6. The molecule has 6 aromatic carbocycles. The number of benzene rings is 6. The molecule has 310 valence electrons. The SMILES string of the molecule is CC(C)(C)c1ccc(OP(=O)(Oc2ccc(C(C)(C)C)cc2)C(CCC(=O)NC(c2ccccc2)(c2ccccc2)c2ccccc2)NC(=O)OCc2ccccc2)cc1. The molecule has 0 saturated carbocycles. The minimum atomic E-state index is -4.41. The zero-order valence-electron chi connectivity index (χ0n) is 35.3. The molecule has 0 aliphatic carbocycles. The predicted molar refractivity (Wildman–Crippen MR) is 239 cm³/mol. The fraction of sp³-hybridized carbons (Fsp3) is 0.255. The van der Waals surface area contributed by atoms with Crippen LogP contribution >= 0.6 is 7.60 Å². The third-order valence-electron chi connectivity index (χ3n) is 10.4. The Labute approximate surface area is 354 Å². The number of alkyl carbamates (subject to hydrolysis) is 1. The first-order chi connectivity index (χ1) is 28.7. The average Bonchev–Trinajstić information content (AvgIpc) is 3.24. The van der Waals surface area contributed by atoms with Gasteiger partial charge in [-0.05, 0) is 74.9 Å². The largest absolute Gasteiger partial charge is 0.453 e. The number of hydrogen-bond donors (Lipinski definition) is 2. The highest BCUT2D eigenvalue weighted by molar-refractivity contribution is 7.55.